The van der Waals surface area contributed by atoms with Crippen molar-refractivity contribution in [2.24, 2.45) is 0 Å². The zero-order chi connectivity index (χ0) is 12.0. The van der Waals surface area contributed by atoms with Crippen molar-refractivity contribution in [1.29, 1.82) is 0 Å². The molecule has 2 N–H and O–H groups in total. The van der Waals surface area contributed by atoms with E-state index in [1.165, 1.54) is 0 Å². The van der Waals surface area contributed by atoms with E-state index >= 15 is 0 Å². The van der Waals surface area contributed by atoms with Crippen LogP contribution < -0.4 is 10.1 Å². The van der Waals surface area contributed by atoms with Gasteiger partial charge in [-0.05, 0) is 30.7 Å². The van der Waals surface area contributed by atoms with Crippen LogP contribution in [-0.4, -0.2) is 30.8 Å². The molecule has 0 aliphatic rings. The zero-order valence-corrected chi connectivity index (χ0v) is 9.56. The zero-order valence-electron chi connectivity index (χ0n) is 9.56. The molecule has 0 unspecified atom stereocenters. The third kappa shape index (κ3) is 3.55. The van der Waals surface area contributed by atoms with E-state index in [0.29, 0.717) is 13.0 Å². The van der Waals surface area contributed by atoms with Crippen molar-refractivity contribution < 1.29 is 14.6 Å². The van der Waals surface area contributed by atoms with Gasteiger partial charge in [0.1, 0.15) is 11.8 Å². The maximum atomic E-state index is 10.9. The molecule has 1 rings (SSSR count). The molecule has 0 amide bonds. The standard InChI is InChI=1S/C12H17NO3/c1-3-13-11(12(14)15)8-9-4-6-10(16-2)7-5-9/h4-7,11,13H,3,8H2,1-2H3,(H,14,15)/t11-/m0/s1. The predicted molar refractivity (Wildman–Crippen MR) is 61.8 cm³/mol. The average Bonchev–Trinajstić information content (AvgIpc) is 2.29. The highest BCUT2D eigenvalue weighted by atomic mass is 16.5. The number of benzene rings is 1. The number of aliphatic carboxylic acids is 1. The van der Waals surface area contributed by atoms with Crippen LogP contribution >= 0.6 is 0 Å². The molecule has 1 atom stereocenters. The first-order valence-electron chi connectivity index (χ1n) is 5.26. The molecule has 0 bridgehead atoms. The number of hydrogen-bond donors (Lipinski definition) is 2. The summed E-state index contributed by atoms with van der Waals surface area (Å²) in [4.78, 5) is 10.9. The Bertz CT molecular complexity index is 335. The van der Waals surface area contributed by atoms with Gasteiger partial charge in [0.25, 0.3) is 0 Å². The SMILES string of the molecule is CCN[C@@H](Cc1ccc(OC)cc1)C(=O)O. The number of nitrogens with one attached hydrogen (secondary N) is 1. The lowest BCUT2D eigenvalue weighted by Gasteiger charge is -2.13. The summed E-state index contributed by atoms with van der Waals surface area (Å²) in [5.41, 5.74) is 0.981. The Morgan fingerprint density at radius 2 is 2.06 bits per heavy atom. The average molecular weight is 223 g/mol. The normalized spacial score (nSPS) is 12.1. The van der Waals surface area contributed by atoms with Crippen molar-refractivity contribution in [2.75, 3.05) is 13.7 Å². The molecule has 0 fully saturated rings. The second kappa shape index (κ2) is 6.12. The number of rotatable bonds is 6. The minimum atomic E-state index is -0.822. The summed E-state index contributed by atoms with van der Waals surface area (Å²) in [6.45, 7) is 2.54. The summed E-state index contributed by atoms with van der Waals surface area (Å²) in [5.74, 6) is -0.0447. The number of carboxylic acids is 1. The van der Waals surface area contributed by atoms with Gasteiger partial charge in [0, 0.05) is 0 Å². The number of methoxy groups -OCH3 is 1. The van der Waals surface area contributed by atoms with Crippen molar-refractivity contribution in [3.05, 3.63) is 29.8 Å². The molecule has 4 nitrogen and oxygen atoms in total. The van der Waals surface area contributed by atoms with Gasteiger partial charge in [-0.15, -0.1) is 0 Å². The van der Waals surface area contributed by atoms with Crippen LogP contribution in [0.2, 0.25) is 0 Å². The van der Waals surface area contributed by atoms with E-state index in [2.05, 4.69) is 5.32 Å². The molecule has 0 saturated heterocycles. The van der Waals surface area contributed by atoms with Gasteiger partial charge in [-0.3, -0.25) is 4.79 Å². The highest BCUT2D eigenvalue weighted by Crippen LogP contribution is 2.12. The summed E-state index contributed by atoms with van der Waals surface area (Å²) in [6.07, 6.45) is 0.479. The van der Waals surface area contributed by atoms with Crippen LogP contribution in [0.15, 0.2) is 24.3 Å². The lowest BCUT2D eigenvalue weighted by molar-refractivity contribution is -0.139. The van der Waals surface area contributed by atoms with Crippen molar-refractivity contribution in [3.8, 4) is 5.75 Å². The molecular weight excluding hydrogens is 206 g/mol. The van der Waals surface area contributed by atoms with Gasteiger partial charge in [-0.1, -0.05) is 19.1 Å². The molecule has 0 saturated carbocycles. The first kappa shape index (κ1) is 12.5. The van der Waals surface area contributed by atoms with E-state index in [9.17, 15) is 4.79 Å². The molecule has 0 radical (unpaired) electrons. The monoisotopic (exact) mass is 223 g/mol. The van der Waals surface area contributed by atoms with E-state index in [4.69, 9.17) is 9.84 Å². The fraction of sp³-hybridized carbons (Fsp3) is 0.417. The Balaban J connectivity index is 2.65. The summed E-state index contributed by atoms with van der Waals surface area (Å²) in [7, 11) is 1.60. The molecule has 4 heteroatoms. The summed E-state index contributed by atoms with van der Waals surface area (Å²) in [6, 6.07) is 6.90. The first-order valence-corrected chi connectivity index (χ1v) is 5.26. The van der Waals surface area contributed by atoms with E-state index < -0.39 is 12.0 Å². The number of carboxylic acid groups (broad SMARTS) is 1. The molecule has 16 heavy (non-hydrogen) atoms. The van der Waals surface area contributed by atoms with E-state index in [1.54, 1.807) is 7.11 Å². The van der Waals surface area contributed by atoms with Gasteiger partial charge in [0.15, 0.2) is 0 Å². The molecule has 0 aliphatic heterocycles. The topological polar surface area (TPSA) is 58.6 Å². The van der Waals surface area contributed by atoms with Crippen molar-refractivity contribution in [3.63, 3.8) is 0 Å². The van der Waals surface area contributed by atoms with Crippen LogP contribution in [0.1, 0.15) is 12.5 Å². The van der Waals surface area contributed by atoms with Crippen LogP contribution in [0.5, 0.6) is 5.75 Å². The highest BCUT2D eigenvalue weighted by Gasteiger charge is 2.15. The fourth-order valence-corrected chi connectivity index (χ4v) is 1.49. The molecule has 0 aliphatic carbocycles. The van der Waals surface area contributed by atoms with Gasteiger partial charge >= 0.3 is 5.97 Å². The quantitative estimate of drug-likeness (QED) is 0.763. The van der Waals surface area contributed by atoms with E-state index in [0.717, 1.165) is 11.3 Å². The Morgan fingerprint density at radius 3 is 2.50 bits per heavy atom. The summed E-state index contributed by atoms with van der Waals surface area (Å²) in [5, 5.41) is 11.9. The minimum absolute atomic E-state index is 0.479. The van der Waals surface area contributed by atoms with Crippen LogP contribution in [0.4, 0.5) is 0 Å². The molecule has 1 aromatic carbocycles. The number of ether oxygens (including phenoxy) is 1. The number of carbonyl (C=O) groups is 1. The lowest BCUT2D eigenvalue weighted by Crippen LogP contribution is -2.38. The third-order valence-corrected chi connectivity index (χ3v) is 2.35. The van der Waals surface area contributed by atoms with E-state index in [-0.39, 0.29) is 0 Å². The predicted octanol–water partition coefficient (Wildman–Crippen LogP) is 1.30. The molecule has 0 aromatic heterocycles. The Kier molecular flexibility index (Phi) is 4.79. The smallest absolute Gasteiger partial charge is 0.321 e. The second-order valence-electron chi connectivity index (χ2n) is 3.50. The highest BCUT2D eigenvalue weighted by molar-refractivity contribution is 5.73. The minimum Gasteiger partial charge on any atom is -0.497 e. The molecule has 0 heterocycles. The summed E-state index contributed by atoms with van der Waals surface area (Å²) < 4.78 is 5.04. The van der Waals surface area contributed by atoms with Gasteiger partial charge in [0.2, 0.25) is 0 Å². The van der Waals surface area contributed by atoms with Crippen molar-refractivity contribution in [2.45, 2.75) is 19.4 Å². The Morgan fingerprint density at radius 1 is 1.44 bits per heavy atom. The summed E-state index contributed by atoms with van der Waals surface area (Å²) >= 11 is 0. The van der Waals surface area contributed by atoms with Gasteiger partial charge in [-0.25, -0.2) is 0 Å². The van der Waals surface area contributed by atoms with Crippen molar-refractivity contribution in [1.82, 2.24) is 5.32 Å². The first-order chi connectivity index (χ1) is 7.67. The van der Waals surface area contributed by atoms with Crippen LogP contribution in [0.25, 0.3) is 0 Å². The maximum Gasteiger partial charge on any atom is 0.321 e. The van der Waals surface area contributed by atoms with Crippen molar-refractivity contribution >= 4 is 5.97 Å². The fourth-order valence-electron chi connectivity index (χ4n) is 1.49. The van der Waals surface area contributed by atoms with Crippen LogP contribution in [-0.2, 0) is 11.2 Å². The van der Waals surface area contributed by atoms with E-state index in [1.807, 2.05) is 31.2 Å². The van der Waals surface area contributed by atoms with Gasteiger partial charge < -0.3 is 15.2 Å². The molecule has 88 valence electrons. The van der Waals surface area contributed by atoms with Gasteiger partial charge in [0.05, 0.1) is 7.11 Å². The molecule has 0 spiro atoms. The van der Waals surface area contributed by atoms with Crippen LogP contribution in [0, 0.1) is 0 Å². The lowest BCUT2D eigenvalue weighted by atomic mass is 10.1. The van der Waals surface area contributed by atoms with Gasteiger partial charge in [-0.2, -0.15) is 0 Å². The Hall–Kier alpha value is -1.55. The third-order valence-electron chi connectivity index (χ3n) is 2.35. The molecular formula is C12H17NO3. The number of hydrogen-bond acceptors (Lipinski definition) is 3. The largest absolute Gasteiger partial charge is 0.497 e. The number of likely N-dealkylation sites (N-methyl/N-ethyl adjacent to an activating group) is 1. The second-order valence-corrected chi connectivity index (χ2v) is 3.50. The molecule has 1 aromatic rings. The maximum absolute atomic E-state index is 10.9. The Labute approximate surface area is 95.2 Å². The van der Waals surface area contributed by atoms with Crippen LogP contribution in [0.3, 0.4) is 0 Å².